The van der Waals surface area contributed by atoms with Gasteiger partial charge in [0, 0.05) is 12.0 Å². The van der Waals surface area contributed by atoms with Crippen molar-refractivity contribution < 1.29 is 19.8 Å². The number of rotatable bonds is 4. The van der Waals surface area contributed by atoms with E-state index in [0.29, 0.717) is 3.57 Å². The molecule has 18 heavy (non-hydrogen) atoms. The Labute approximate surface area is 117 Å². The van der Waals surface area contributed by atoms with Crippen LogP contribution in [0.4, 0.5) is 0 Å². The second kappa shape index (κ2) is 6.26. The highest BCUT2D eigenvalue weighted by Gasteiger charge is 2.19. The zero-order valence-corrected chi connectivity index (χ0v) is 11.3. The zero-order valence-electron chi connectivity index (χ0n) is 9.18. The Morgan fingerprint density at radius 2 is 2.17 bits per heavy atom. The molecule has 0 aliphatic rings. The molecule has 3 N–H and O–H groups in total. The Bertz CT molecular complexity index is 521. The van der Waals surface area contributed by atoms with Gasteiger partial charge in [0.05, 0.1) is 3.57 Å². The predicted octanol–water partition coefficient (Wildman–Crippen LogP) is 1.20. The van der Waals surface area contributed by atoms with Gasteiger partial charge in [-0.25, -0.2) is 4.79 Å². The lowest BCUT2D eigenvalue weighted by atomic mass is 10.1. The van der Waals surface area contributed by atoms with E-state index in [1.54, 1.807) is 6.07 Å². The van der Waals surface area contributed by atoms with Crippen molar-refractivity contribution in [1.82, 2.24) is 5.32 Å². The van der Waals surface area contributed by atoms with Crippen molar-refractivity contribution in [2.75, 3.05) is 0 Å². The number of hydrogen-bond donors (Lipinski definition) is 3. The highest BCUT2D eigenvalue weighted by Crippen LogP contribution is 2.20. The Balaban J connectivity index is 2.84. The first-order chi connectivity index (χ1) is 8.45. The summed E-state index contributed by atoms with van der Waals surface area (Å²) in [6, 6.07) is 3.18. The molecule has 0 fully saturated rings. The predicted molar refractivity (Wildman–Crippen MR) is 73.2 cm³/mol. The van der Waals surface area contributed by atoms with Crippen LogP contribution in [-0.4, -0.2) is 28.1 Å². The summed E-state index contributed by atoms with van der Waals surface area (Å²) in [6.45, 7) is 0. The maximum atomic E-state index is 11.7. The van der Waals surface area contributed by atoms with Crippen LogP contribution in [0.15, 0.2) is 18.2 Å². The van der Waals surface area contributed by atoms with Crippen LogP contribution in [0.2, 0.25) is 0 Å². The van der Waals surface area contributed by atoms with E-state index in [2.05, 4.69) is 11.2 Å². The lowest BCUT2D eigenvalue weighted by Gasteiger charge is -2.12. The van der Waals surface area contributed by atoms with E-state index in [1.165, 1.54) is 12.1 Å². The highest BCUT2D eigenvalue weighted by atomic mass is 127. The SMILES string of the molecule is C#CCC(NC(=O)c1ccc(I)c(O)c1)C(=O)O. The van der Waals surface area contributed by atoms with Crippen molar-refractivity contribution in [3.8, 4) is 18.1 Å². The average molecular weight is 359 g/mol. The lowest BCUT2D eigenvalue weighted by Crippen LogP contribution is -2.40. The van der Waals surface area contributed by atoms with Crippen molar-refractivity contribution in [2.45, 2.75) is 12.5 Å². The molecule has 0 bridgehead atoms. The number of terminal acetylenes is 1. The van der Waals surface area contributed by atoms with Crippen molar-refractivity contribution >= 4 is 34.5 Å². The number of phenolic OH excluding ortho intramolecular Hbond substituents is 1. The first-order valence-electron chi connectivity index (χ1n) is 4.91. The maximum absolute atomic E-state index is 11.7. The minimum Gasteiger partial charge on any atom is -0.507 e. The number of carboxylic acid groups (broad SMARTS) is 1. The highest BCUT2D eigenvalue weighted by molar-refractivity contribution is 14.1. The van der Waals surface area contributed by atoms with Crippen LogP contribution in [-0.2, 0) is 4.79 Å². The van der Waals surface area contributed by atoms with Crippen molar-refractivity contribution in [3.63, 3.8) is 0 Å². The Kier molecular flexibility index (Phi) is 4.97. The van der Waals surface area contributed by atoms with E-state index in [1.807, 2.05) is 22.6 Å². The summed E-state index contributed by atoms with van der Waals surface area (Å²) in [5.74, 6) is 0.354. The van der Waals surface area contributed by atoms with Crippen molar-refractivity contribution in [3.05, 3.63) is 27.3 Å². The van der Waals surface area contributed by atoms with Gasteiger partial charge in [0.25, 0.3) is 5.91 Å². The summed E-state index contributed by atoms with van der Waals surface area (Å²) in [6.07, 6.45) is 4.92. The molecule has 0 radical (unpaired) electrons. The first-order valence-corrected chi connectivity index (χ1v) is 5.99. The largest absolute Gasteiger partial charge is 0.507 e. The van der Waals surface area contributed by atoms with Gasteiger partial charge in [0.15, 0.2) is 0 Å². The van der Waals surface area contributed by atoms with Crippen LogP contribution in [0.3, 0.4) is 0 Å². The molecule has 0 saturated carbocycles. The fourth-order valence-electron chi connectivity index (χ4n) is 1.21. The van der Waals surface area contributed by atoms with Gasteiger partial charge in [0.1, 0.15) is 11.8 Å². The molecule has 0 aliphatic heterocycles. The quantitative estimate of drug-likeness (QED) is 0.557. The third-order valence-electron chi connectivity index (χ3n) is 2.13. The van der Waals surface area contributed by atoms with Crippen LogP contribution < -0.4 is 5.32 Å². The van der Waals surface area contributed by atoms with Crippen LogP contribution >= 0.6 is 22.6 Å². The topological polar surface area (TPSA) is 86.6 Å². The van der Waals surface area contributed by atoms with Gasteiger partial charge in [-0.3, -0.25) is 4.79 Å². The van der Waals surface area contributed by atoms with Gasteiger partial charge in [-0.2, -0.15) is 0 Å². The van der Waals surface area contributed by atoms with Gasteiger partial charge >= 0.3 is 5.97 Å². The van der Waals surface area contributed by atoms with E-state index < -0.39 is 17.9 Å². The van der Waals surface area contributed by atoms with Gasteiger partial charge in [-0.1, -0.05) is 0 Å². The number of aliphatic carboxylic acids is 1. The fourth-order valence-corrected chi connectivity index (χ4v) is 1.55. The van der Waals surface area contributed by atoms with Gasteiger partial charge < -0.3 is 15.5 Å². The summed E-state index contributed by atoms with van der Waals surface area (Å²) in [5, 5.41) is 20.6. The fraction of sp³-hybridized carbons (Fsp3) is 0.167. The first kappa shape index (κ1) is 14.3. The van der Waals surface area contributed by atoms with Crippen LogP contribution in [0.5, 0.6) is 5.75 Å². The monoisotopic (exact) mass is 359 g/mol. The van der Waals surface area contributed by atoms with E-state index in [0.717, 1.165) is 0 Å². The summed E-state index contributed by atoms with van der Waals surface area (Å²) < 4.78 is 0.600. The Morgan fingerprint density at radius 3 is 2.67 bits per heavy atom. The summed E-state index contributed by atoms with van der Waals surface area (Å²) >= 11 is 1.91. The molecule has 0 aliphatic carbocycles. The molecule has 1 atom stereocenters. The molecule has 1 aromatic carbocycles. The molecule has 5 nitrogen and oxygen atoms in total. The molecule has 1 aromatic rings. The van der Waals surface area contributed by atoms with E-state index in [9.17, 15) is 14.7 Å². The molecular weight excluding hydrogens is 349 g/mol. The number of benzene rings is 1. The normalized spacial score (nSPS) is 11.3. The van der Waals surface area contributed by atoms with Crippen LogP contribution in [0.1, 0.15) is 16.8 Å². The second-order valence-electron chi connectivity index (χ2n) is 3.44. The average Bonchev–Trinajstić information content (AvgIpc) is 2.31. The molecule has 0 heterocycles. The third-order valence-corrected chi connectivity index (χ3v) is 3.05. The Morgan fingerprint density at radius 1 is 1.50 bits per heavy atom. The molecule has 1 unspecified atom stereocenters. The molecule has 94 valence electrons. The number of amides is 1. The standard InChI is InChI=1S/C12H10INO4/c1-2-3-9(12(17)18)14-11(16)7-4-5-8(13)10(15)6-7/h1,4-6,9,15H,3H2,(H,14,16)(H,17,18). The number of carboxylic acids is 1. The van der Waals surface area contributed by atoms with Crippen molar-refractivity contribution in [1.29, 1.82) is 0 Å². The molecule has 0 aromatic heterocycles. The molecule has 0 saturated heterocycles. The van der Waals surface area contributed by atoms with E-state index >= 15 is 0 Å². The maximum Gasteiger partial charge on any atom is 0.327 e. The summed E-state index contributed by atoms with van der Waals surface area (Å²) in [7, 11) is 0. The van der Waals surface area contributed by atoms with Crippen molar-refractivity contribution in [2.24, 2.45) is 0 Å². The zero-order chi connectivity index (χ0) is 13.7. The number of carbonyl (C=O) groups excluding carboxylic acids is 1. The molecular formula is C12H10INO4. The van der Waals surface area contributed by atoms with Gasteiger partial charge in [-0.05, 0) is 40.8 Å². The minimum absolute atomic E-state index is 0.0351. The smallest absolute Gasteiger partial charge is 0.327 e. The number of nitrogens with one attached hydrogen (secondary N) is 1. The second-order valence-corrected chi connectivity index (χ2v) is 4.60. The third kappa shape index (κ3) is 3.63. The summed E-state index contributed by atoms with van der Waals surface area (Å²) in [5.41, 5.74) is 0.177. The number of phenols is 1. The molecule has 1 amide bonds. The van der Waals surface area contributed by atoms with E-state index in [-0.39, 0.29) is 17.7 Å². The number of halogens is 1. The van der Waals surface area contributed by atoms with E-state index in [4.69, 9.17) is 11.5 Å². The van der Waals surface area contributed by atoms with Gasteiger partial charge in [0.2, 0.25) is 0 Å². The molecule has 0 spiro atoms. The number of carbonyl (C=O) groups is 2. The lowest BCUT2D eigenvalue weighted by molar-refractivity contribution is -0.139. The summed E-state index contributed by atoms with van der Waals surface area (Å²) in [4.78, 5) is 22.6. The van der Waals surface area contributed by atoms with Gasteiger partial charge in [-0.15, -0.1) is 12.3 Å². The number of hydrogen-bond acceptors (Lipinski definition) is 3. The minimum atomic E-state index is -1.20. The Hall–Kier alpha value is -1.75. The molecule has 1 rings (SSSR count). The van der Waals surface area contributed by atoms with Crippen LogP contribution in [0.25, 0.3) is 0 Å². The van der Waals surface area contributed by atoms with Crippen LogP contribution in [0, 0.1) is 15.9 Å². The molecule has 6 heteroatoms. The number of aromatic hydroxyl groups is 1.